The smallest absolute Gasteiger partial charge is 0.0594 e. The minimum absolute atomic E-state index is 0.0417. The SMILES string of the molecule is CC(C)(C)C.CC(C)(C)C.CC(C)(C)C.CC(C)(C)C1CC1.CC(C)C(C)(C)C.CCC(C)(C)C.COC(C)(C)C. The average molecular weight is 589 g/mol. The monoisotopic (exact) mass is 589 g/mol. The molecule has 0 unspecified atom stereocenters. The minimum Gasteiger partial charge on any atom is -0.379 e. The first-order chi connectivity index (χ1) is 17.2. The van der Waals surface area contributed by atoms with Crippen molar-refractivity contribution in [2.45, 2.75) is 212 Å². The summed E-state index contributed by atoms with van der Waals surface area (Å²) >= 11 is 0. The van der Waals surface area contributed by atoms with Crippen LogP contribution in [0.4, 0.5) is 0 Å². The highest BCUT2D eigenvalue weighted by molar-refractivity contribution is 4.84. The molecule has 0 amide bonds. The van der Waals surface area contributed by atoms with Gasteiger partial charge >= 0.3 is 0 Å². The Labute approximate surface area is 267 Å². The van der Waals surface area contributed by atoms with Crippen LogP contribution in [0.3, 0.4) is 0 Å². The van der Waals surface area contributed by atoms with Crippen molar-refractivity contribution in [3.8, 4) is 0 Å². The van der Waals surface area contributed by atoms with E-state index < -0.39 is 0 Å². The lowest BCUT2D eigenvalue weighted by Gasteiger charge is -2.22. The van der Waals surface area contributed by atoms with Crippen molar-refractivity contribution in [1.29, 1.82) is 0 Å². The third kappa shape index (κ3) is 131. The Kier molecular flexibility index (Phi) is 29.3. The highest BCUT2D eigenvalue weighted by atomic mass is 16.5. The summed E-state index contributed by atoms with van der Waals surface area (Å²) in [6.07, 6.45) is 4.22. The van der Waals surface area contributed by atoms with Crippen molar-refractivity contribution in [3.63, 3.8) is 0 Å². The minimum atomic E-state index is 0.0417. The summed E-state index contributed by atoms with van der Waals surface area (Å²) in [5.41, 5.74) is 3.19. The molecule has 1 saturated carbocycles. The van der Waals surface area contributed by atoms with Crippen LogP contribution in [0.1, 0.15) is 206 Å². The van der Waals surface area contributed by atoms with Gasteiger partial charge in [-0.25, -0.2) is 0 Å². The topological polar surface area (TPSA) is 9.23 Å². The van der Waals surface area contributed by atoms with E-state index in [9.17, 15) is 0 Å². The highest BCUT2D eigenvalue weighted by Crippen LogP contribution is 2.44. The number of ether oxygens (including phenoxy) is 1. The Balaban J connectivity index is -0.0000000876. The van der Waals surface area contributed by atoms with Crippen LogP contribution in [-0.4, -0.2) is 12.7 Å². The average Bonchev–Trinajstić information content (AvgIpc) is 3.42. The summed E-state index contributed by atoms with van der Waals surface area (Å²) in [7, 11) is 1.71. The van der Waals surface area contributed by atoms with Crippen molar-refractivity contribution < 1.29 is 4.74 Å². The van der Waals surface area contributed by atoms with Gasteiger partial charge in [0.1, 0.15) is 0 Å². The van der Waals surface area contributed by atoms with Gasteiger partial charge in [-0.3, -0.25) is 0 Å². The Bertz CT molecular complexity index is 455. The summed E-state index contributed by atoms with van der Waals surface area (Å²) < 4.78 is 4.94. The van der Waals surface area contributed by atoms with Gasteiger partial charge in [-0.1, -0.05) is 173 Å². The number of rotatable bonds is 0. The molecule has 1 heteroatoms. The van der Waals surface area contributed by atoms with Crippen LogP contribution >= 0.6 is 0 Å². The lowest BCUT2D eigenvalue weighted by atomic mass is 9.84. The van der Waals surface area contributed by atoms with Crippen molar-refractivity contribution in [1.82, 2.24) is 0 Å². The van der Waals surface area contributed by atoms with Gasteiger partial charge in [-0.2, -0.15) is 0 Å². The summed E-state index contributed by atoms with van der Waals surface area (Å²) in [4.78, 5) is 0. The fourth-order valence-electron chi connectivity index (χ4n) is 0.949. The molecule has 0 aromatic carbocycles. The maximum absolute atomic E-state index is 4.94. The highest BCUT2D eigenvalue weighted by Gasteiger charge is 2.33. The van der Waals surface area contributed by atoms with Crippen molar-refractivity contribution in [2.24, 2.45) is 44.3 Å². The summed E-state index contributed by atoms with van der Waals surface area (Å²) in [5, 5.41) is 0. The Morgan fingerprint density at radius 1 is 0.512 bits per heavy atom. The van der Waals surface area contributed by atoms with E-state index in [1.54, 1.807) is 7.11 Å². The van der Waals surface area contributed by atoms with Gasteiger partial charge in [0.2, 0.25) is 0 Å². The molecule has 0 saturated heterocycles. The van der Waals surface area contributed by atoms with Gasteiger partial charge in [0.15, 0.2) is 0 Å². The fraction of sp³-hybridized carbons (Fsp3) is 1.00. The molecule has 1 aliphatic carbocycles. The Hall–Kier alpha value is -0.0400. The van der Waals surface area contributed by atoms with Crippen molar-refractivity contribution >= 4 is 0 Å². The van der Waals surface area contributed by atoms with Crippen LogP contribution in [0.15, 0.2) is 0 Å². The molecule has 1 nitrogen and oxygen atoms in total. The Morgan fingerprint density at radius 2 is 0.659 bits per heavy atom. The molecule has 0 aromatic heterocycles. The molecule has 0 radical (unpaired) electrons. The molecular weight excluding hydrogens is 496 g/mol. The van der Waals surface area contributed by atoms with Gasteiger partial charge in [0.05, 0.1) is 5.60 Å². The molecule has 1 fully saturated rings. The largest absolute Gasteiger partial charge is 0.379 e. The van der Waals surface area contributed by atoms with E-state index in [-0.39, 0.29) is 5.60 Å². The molecule has 0 aliphatic heterocycles. The lowest BCUT2D eigenvalue weighted by Crippen LogP contribution is -2.15. The first kappa shape index (κ1) is 53.5. The third-order valence-electron chi connectivity index (χ3n) is 5.21. The summed E-state index contributed by atoms with van der Waals surface area (Å²) in [6, 6.07) is 0. The van der Waals surface area contributed by atoms with E-state index >= 15 is 0 Å². The van der Waals surface area contributed by atoms with Gasteiger partial charge in [-0.15, -0.1) is 0 Å². The van der Waals surface area contributed by atoms with Gasteiger partial charge in [0, 0.05) is 7.11 Å². The van der Waals surface area contributed by atoms with Crippen LogP contribution in [-0.2, 0) is 4.74 Å². The molecule has 0 aromatic rings. The fourth-order valence-corrected chi connectivity index (χ4v) is 0.949. The van der Waals surface area contributed by atoms with Gasteiger partial charge in [-0.05, 0) is 77.9 Å². The van der Waals surface area contributed by atoms with Crippen LogP contribution in [0.2, 0.25) is 0 Å². The maximum atomic E-state index is 4.94. The number of hydrogen-bond donors (Lipinski definition) is 0. The van der Waals surface area contributed by atoms with E-state index in [1.165, 1.54) is 19.3 Å². The zero-order valence-electron chi connectivity index (χ0n) is 35.2. The molecular formula is C40H92O. The normalized spacial score (nSPS) is 14.0. The standard InChI is InChI=1S/C7H14.C7H16.C6H14.C5H12O.3C5H12/c1-7(2,3)6-4-5-6;1-6(2)7(3,4)5;1-5-6(2,3)4;1-5(2,3)6-4;3*1-5(2,3)4/h6H,4-5H2,1-3H3;6H,1-5H3;5H2,1-4H3;1-4H3;3*1-4H3. The second-order valence-electron chi connectivity index (χ2n) is 21.4. The molecule has 0 bridgehead atoms. The summed E-state index contributed by atoms with van der Waals surface area (Å²) in [5.74, 6) is 1.85. The van der Waals surface area contributed by atoms with E-state index in [4.69, 9.17) is 4.74 Å². The zero-order valence-corrected chi connectivity index (χ0v) is 35.2. The summed E-state index contributed by atoms with van der Waals surface area (Å²) in [6.45, 7) is 59.5. The van der Waals surface area contributed by atoms with E-state index in [0.29, 0.717) is 32.5 Å². The zero-order chi connectivity index (χ0) is 35.5. The van der Waals surface area contributed by atoms with Crippen LogP contribution < -0.4 is 0 Å². The molecule has 0 heterocycles. The molecule has 1 rings (SSSR count). The van der Waals surface area contributed by atoms with Crippen LogP contribution in [0, 0.1) is 44.3 Å². The number of methoxy groups -OCH3 is 1. The third-order valence-corrected chi connectivity index (χ3v) is 5.21. The van der Waals surface area contributed by atoms with E-state index in [2.05, 4.69) is 166 Å². The lowest BCUT2D eigenvalue weighted by molar-refractivity contribution is 0.0397. The molecule has 0 spiro atoms. The Morgan fingerprint density at radius 3 is 0.659 bits per heavy atom. The molecule has 41 heavy (non-hydrogen) atoms. The molecule has 1 aliphatic rings. The first-order valence-electron chi connectivity index (χ1n) is 16.7. The van der Waals surface area contributed by atoms with Crippen LogP contribution in [0.5, 0.6) is 0 Å². The second-order valence-corrected chi connectivity index (χ2v) is 21.4. The van der Waals surface area contributed by atoms with Gasteiger partial charge in [0.25, 0.3) is 0 Å². The van der Waals surface area contributed by atoms with E-state index in [1.807, 2.05) is 20.8 Å². The van der Waals surface area contributed by atoms with Crippen molar-refractivity contribution in [2.75, 3.05) is 7.11 Å². The first-order valence-corrected chi connectivity index (χ1v) is 16.7. The molecule has 0 atom stereocenters. The van der Waals surface area contributed by atoms with Crippen molar-refractivity contribution in [3.05, 3.63) is 0 Å². The number of hydrogen-bond acceptors (Lipinski definition) is 1. The quantitative estimate of drug-likeness (QED) is 0.273. The maximum Gasteiger partial charge on any atom is 0.0594 e. The van der Waals surface area contributed by atoms with Crippen LogP contribution in [0.25, 0.3) is 0 Å². The predicted molar refractivity (Wildman–Crippen MR) is 198 cm³/mol. The molecule has 258 valence electrons. The van der Waals surface area contributed by atoms with Gasteiger partial charge < -0.3 is 4.74 Å². The predicted octanol–water partition coefficient (Wildman–Crippen LogP) is 15.2. The van der Waals surface area contributed by atoms with E-state index in [0.717, 1.165) is 11.8 Å². The second kappa shape index (κ2) is 22.5. The molecule has 0 N–H and O–H groups in total.